The lowest BCUT2D eigenvalue weighted by atomic mass is 9.93. The molecule has 0 aromatic heterocycles. The number of benzene rings is 1. The predicted molar refractivity (Wildman–Crippen MR) is 76.1 cm³/mol. The Hall–Kier alpha value is -1.30. The highest BCUT2D eigenvalue weighted by Gasteiger charge is 2.30. The lowest BCUT2D eigenvalue weighted by Gasteiger charge is -2.33. The zero-order chi connectivity index (χ0) is 14.6. The Labute approximate surface area is 119 Å². The van der Waals surface area contributed by atoms with E-state index in [9.17, 15) is 10.2 Å². The van der Waals surface area contributed by atoms with Crippen LogP contribution in [0.15, 0.2) is 18.2 Å². The molecule has 1 unspecified atom stereocenters. The minimum absolute atomic E-state index is 0.0484. The number of methoxy groups -OCH3 is 1. The van der Waals surface area contributed by atoms with E-state index in [0.29, 0.717) is 38.3 Å². The smallest absolute Gasteiger partial charge is 0.124 e. The molecule has 2 rings (SSSR count). The summed E-state index contributed by atoms with van der Waals surface area (Å²) in [5.74, 6) is 0.824. The summed E-state index contributed by atoms with van der Waals surface area (Å²) in [6.07, 6.45) is 1.28. The van der Waals surface area contributed by atoms with Crippen molar-refractivity contribution in [1.29, 1.82) is 0 Å². The van der Waals surface area contributed by atoms with Crippen LogP contribution in [0.1, 0.15) is 31.4 Å². The molecular weight excluding hydrogens is 258 g/mol. The van der Waals surface area contributed by atoms with Crippen LogP contribution >= 0.6 is 0 Å². The summed E-state index contributed by atoms with van der Waals surface area (Å²) in [4.78, 5) is 0. The molecule has 1 aromatic rings. The normalized spacial score (nSPS) is 19.6. The Kier molecular flexibility index (Phi) is 4.86. The van der Waals surface area contributed by atoms with E-state index in [1.54, 1.807) is 13.2 Å². The monoisotopic (exact) mass is 281 g/mol. The van der Waals surface area contributed by atoms with Crippen LogP contribution in [0.2, 0.25) is 0 Å². The first-order valence-corrected chi connectivity index (χ1v) is 6.94. The van der Waals surface area contributed by atoms with Gasteiger partial charge in [0.25, 0.3) is 0 Å². The zero-order valence-corrected chi connectivity index (χ0v) is 12.1. The summed E-state index contributed by atoms with van der Waals surface area (Å²) in [7, 11) is 1.57. The van der Waals surface area contributed by atoms with Crippen molar-refractivity contribution in [2.24, 2.45) is 0 Å². The molecule has 0 saturated carbocycles. The summed E-state index contributed by atoms with van der Waals surface area (Å²) < 4.78 is 10.3. The Morgan fingerprint density at radius 2 is 2.10 bits per heavy atom. The van der Waals surface area contributed by atoms with Gasteiger partial charge in [0.1, 0.15) is 11.5 Å². The molecule has 5 nitrogen and oxygen atoms in total. The lowest BCUT2D eigenvalue weighted by molar-refractivity contribution is -0.0626. The number of phenols is 1. The van der Waals surface area contributed by atoms with Gasteiger partial charge in [0.05, 0.1) is 12.7 Å². The second-order valence-corrected chi connectivity index (χ2v) is 5.36. The first-order valence-electron chi connectivity index (χ1n) is 6.94. The van der Waals surface area contributed by atoms with E-state index < -0.39 is 5.60 Å². The van der Waals surface area contributed by atoms with Gasteiger partial charge in [-0.15, -0.1) is 0 Å². The molecule has 3 N–H and O–H groups in total. The van der Waals surface area contributed by atoms with E-state index in [4.69, 9.17) is 9.47 Å². The minimum atomic E-state index is -0.714. The number of ether oxygens (including phenoxy) is 2. The van der Waals surface area contributed by atoms with Gasteiger partial charge in [0.2, 0.25) is 0 Å². The van der Waals surface area contributed by atoms with Crippen LogP contribution in [0.3, 0.4) is 0 Å². The molecule has 20 heavy (non-hydrogen) atoms. The van der Waals surface area contributed by atoms with E-state index in [2.05, 4.69) is 5.32 Å². The molecule has 1 saturated heterocycles. The van der Waals surface area contributed by atoms with Crippen molar-refractivity contribution in [1.82, 2.24) is 5.32 Å². The Balaban J connectivity index is 1.96. The molecule has 0 aliphatic carbocycles. The molecule has 1 aliphatic heterocycles. The van der Waals surface area contributed by atoms with Gasteiger partial charge in [-0.1, -0.05) is 6.07 Å². The molecule has 112 valence electrons. The molecule has 1 aliphatic rings. The topological polar surface area (TPSA) is 71.0 Å². The van der Waals surface area contributed by atoms with E-state index in [0.717, 1.165) is 5.56 Å². The fourth-order valence-electron chi connectivity index (χ4n) is 2.40. The standard InChI is InChI=1S/C15H23NO4/c1-11(13-4-3-12(19-2)9-14(13)17)16-10-15(18)5-7-20-8-6-15/h3-4,9,11,16-18H,5-8,10H2,1-2H3. The third-order valence-corrected chi connectivity index (χ3v) is 3.86. The second-order valence-electron chi connectivity index (χ2n) is 5.36. The fraction of sp³-hybridized carbons (Fsp3) is 0.600. The number of rotatable bonds is 5. The van der Waals surface area contributed by atoms with Gasteiger partial charge in [0, 0.05) is 50.3 Å². The van der Waals surface area contributed by atoms with Crippen LogP contribution in [0.4, 0.5) is 0 Å². The quantitative estimate of drug-likeness (QED) is 0.764. The number of nitrogens with one attached hydrogen (secondary N) is 1. The number of aromatic hydroxyl groups is 1. The van der Waals surface area contributed by atoms with Crippen molar-refractivity contribution >= 4 is 0 Å². The van der Waals surface area contributed by atoms with Crippen LogP contribution in [0.5, 0.6) is 11.5 Å². The maximum atomic E-state index is 10.4. The highest BCUT2D eigenvalue weighted by Crippen LogP contribution is 2.29. The summed E-state index contributed by atoms with van der Waals surface area (Å²) >= 11 is 0. The van der Waals surface area contributed by atoms with Crippen LogP contribution < -0.4 is 10.1 Å². The molecule has 0 amide bonds. The SMILES string of the molecule is COc1ccc(C(C)NCC2(O)CCOCC2)c(O)c1. The maximum Gasteiger partial charge on any atom is 0.124 e. The van der Waals surface area contributed by atoms with Crippen molar-refractivity contribution in [3.8, 4) is 11.5 Å². The predicted octanol–water partition coefficient (Wildman–Crippen LogP) is 1.59. The molecule has 1 heterocycles. The third kappa shape index (κ3) is 3.62. The van der Waals surface area contributed by atoms with Gasteiger partial charge in [-0.05, 0) is 13.0 Å². The fourth-order valence-corrected chi connectivity index (χ4v) is 2.40. The van der Waals surface area contributed by atoms with Gasteiger partial charge < -0.3 is 25.0 Å². The van der Waals surface area contributed by atoms with Crippen LogP contribution in [-0.4, -0.2) is 42.7 Å². The van der Waals surface area contributed by atoms with Crippen LogP contribution in [-0.2, 0) is 4.74 Å². The number of aliphatic hydroxyl groups is 1. The van der Waals surface area contributed by atoms with Gasteiger partial charge >= 0.3 is 0 Å². The second kappa shape index (κ2) is 6.43. The molecule has 0 radical (unpaired) electrons. The minimum Gasteiger partial charge on any atom is -0.507 e. The van der Waals surface area contributed by atoms with E-state index in [-0.39, 0.29) is 11.8 Å². The number of hydrogen-bond acceptors (Lipinski definition) is 5. The van der Waals surface area contributed by atoms with E-state index in [1.807, 2.05) is 19.1 Å². The third-order valence-electron chi connectivity index (χ3n) is 3.86. The zero-order valence-electron chi connectivity index (χ0n) is 12.1. The highest BCUT2D eigenvalue weighted by molar-refractivity contribution is 5.41. The molecule has 0 spiro atoms. The maximum absolute atomic E-state index is 10.4. The van der Waals surface area contributed by atoms with Crippen molar-refractivity contribution in [3.63, 3.8) is 0 Å². The average molecular weight is 281 g/mol. The Morgan fingerprint density at radius 3 is 2.70 bits per heavy atom. The van der Waals surface area contributed by atoms with Crippen molar-refractivity contribution in [3.05, 3.63) is 23.8 Å². The first-order chi connectivity index (χ1) is 9.54. The van der Waals surface area contributed by atoms with Crippen LogP contribution in [0, 0.1) is 0 Å². The lowest BCUT2D eigenvalue weighted by Crippen LogP contribution is -2.45. The molecule has 0 bridgehead atoms. The molecule has 1 atom stereocenters. The van der Waals surface area contributed by atoms with E-state index in [1.165, 1.54) is 0 Å². The Bertz CT molecular complexity index is 443. The molecule has 5 heteroatoms. The van der Waals surface area contributed by atoms with Gasteiger partial charge in [-0.25, -0.2) is 0 Å². The summed E-state index contributed by atoms with van der Waals surface area (Å²) in [6, 6.07) is 5.19. The van der Waals surface area contributed by atoms with Crippen molar-refractivity contribution in [2.75, 3.05) is 26.9 Å². The van der Waals surface area contributed by atoms with Crippen molar-refractivity contribution < 1.29 is 19.7 Å². The van der Waals surface area contributed by atoms with Crippen molar-refractivity contribution in [2.45, 2.75) is 31.4 Å². The van der Waals surface area contributed by atoms with Gasteiger partial charge in [-0.3, -0.25) is 0 Å². The summed E-state index contributed by atoms with van der Waals surface area (Å²) in [6.45, 7) is 3.65. The molecule has 1 aromatic carbocycles. The van der Waals surface area contributed by atoms with Gasteiger partial charge in [0.15, 0.2) is 0 Å². The highest BCUT2D eigenvalue weighted by atomic mass is 16.5. The van der Waals surface area contributed by atoms with E-state index >= 15 is 0 Å². The average Bonchev–Trinajstić information content (AvgIpc) is 2.45. The Morgan fingerprint density at radius 1 is 1.40 bits per heavy atom. The summed E-state index contributed by atoms with van der Waals surface area (Å²) in [5, 5.41) is 23.7. The van der Waals surface area contributed by atoms with Crippen LogP contribution in [0.25, 0.3) is 0 Å². The van der Waals surface area contributed by atoms with Gasteiger partial charge in [-0.2, -0.15) is 0 Å². The first kappa shape index (κ1) is 15.1. The largest absolute Gasteiger partial charge is 0.507 e. The molecule has 1 fully saturated rings. The molecular formula is C15H23NO4. The summed E-state index contributed by atoms with van der Waals surface area (Å²) in [5.41, 5.74) is 0.0793. The number of hydrogen-bond donors (Lipinski definition) is 3. The number of phenolic OH excluding ortho intramolecular Hbond substituents is 1.